The van der Waals surface area contributed by atoms with Crippen LogP contribution in [0.4, 0.5) is 5.69 Å². The lowest BCUT2D eigenvalue weighted by atomic mass is 10.2. The van der Waals surface area contributed by atoms with Crippen molar-refractivity contribution in [2.75, 3.05) is 24.3 Å². The van der Waals surface area contributed by atoms with Gasteiger partial charge in [-0.2, -0.15) is 0 Å². The minimum atomic E-state index is 0.257. The Morgan fingerprint density at radius 3 is 2.68 bits per heavy atom. The van der Waals surface area contributed by atoms with Crippen LogP contribution in [0.3, 0.4) is 0 Å². The maximum absolute atomic E-state index is 8.79. The maximum atomic E-state index is 8.79. The van der Waals surface area contributed by atoms with E-state index in [2.05, 4.69) is 41.7 Å². The highest BCUT2D eigenvalue weighted by Gasteiger charge is 1.98. The highest BCUT2D eigenvalue weighted by Crippen LogP contribution is 2.21. The van der Waals surface area contributed by atoms with Gasteiger partial charge in [-0.3, -0.25) is 0 Å². The van der Waals surface area contributed by atoms with Crippen molar-refractivity contribution in [3.8, 4) is 5.75 Å². The third kappa shape index (κ3) is 5.62. The van der Waals surface area contributed by atoms with Crippen molar-refractivity contribution in [3.63, 3.8) is 0 Å². The van der Waals surface area contributed by atoms with Crippen molar-refractivity contribution in [2.24, 2.45) is 0 Å². The van der Waals surface area contributed by atoms with Crippen LogP contribution in [0.15, 0.2) is 53.4 Å². The van der Waals surface area contributed by atoms with Gasteiger partial charge in [0.25, 0.3) is 0 Å². The van der Waals surface area contributed by atoms with Crippen LogP contribution in [0.2, 0.25) is 0 Å². The summed E-state index contributed by atoms with van der Waals surface area (Å²) in [5, 5.41) is 12.2. The van der Waals surface area contributed by atoms with Gasteiger partial charge in [0, 0.05) is 29.5 Å². The smallest absolute Gasteiger partial charge is 0.119 e. The molecular formula is C18H23NO2S. The van der Waals surface area contributed by atoms with Gasteiger partial charge in [0.05, 0.1) is 6.61 Å². The molecule has 0 radical (unpaired) electrons. The van der Waals surface area contributed by atoms with E-state index in [1.807, 2.05) is 19.1 Å². The molecule has 0 fully saturated rings. The van der Waals surface area contributed by atoms with E-state index in [4.69, 9.17) is 9.84 Å². The van der Waals surface area contributed by atoms with Crippen LogP contribution in [-0.4, -0.2) is 24.1 Å². The van der Waals surface area contributed by atoms with E-state index >= 15 is 0 Å². The average Bonchev–Trinajstić information content (AvgIpc) is 2.55. The first-order chi connectivity index (χ1) is 10.8. The van der Waals surface area contributed by atoms with E-state index in [1.165, 1.54) is 10.5 Å². The molecule has 0 saturated heterocycles. The molecule has 0 aliphatic carbocycles. The second-order valence-corrected chi connectivity index (χ2v) is 6.05. The summed E-state index contributed by atoms with van der Waals surface area (Å²) in [6.45, 7) is 3.71. The third-order valence-electron chi connectivity index (χ3n) is 3.13. The SMILES string of the molecule is CCOc1cccc(CNc2ccc(SCCCO)cc2)c1. The van der Waals surface area contributed by atoms with Crippen molar-refractivity contribution in [1.82, 2.24) is 0 Å². The molecule has 0 saturated carbocycles. The summed E-state index contributed by atoms with van der Waals surface area (Å²) in [6, 6.07) is 16.6. The van der Waals surface area contributed by atoms with Gasteiger partial charge in [0.2, 0.25) is 0 Å². The maximum Gasteiger partial charge on any atom is 0.119 e. The minimum Gasteiger partial charge on any atom is -0.494 e. The molecule has 0 spiro atoms. The number of aliphatic hydroxyl groups is 1. The Morgan fingerprint density at radius 1 is 1.14 bits per heavy atom. The molecular weight excluding hydrogens is 294 g/mol. The van der Waals surface area contributed by atoms with Crippen LogP contribution in [0.25, 0.3) is 0 Å². The van der Waals surface area contributed by atoms with Crippen molar-refractivity contribution < 1.29 is 9.84 Å². The van der Waals surface area contributed by atoms with Gasteiger partial charge in [-0.25, -0.2) is 0 Å². The lowest BCUT2D eigenvalue weighted by Crippen LogP contribution is -2.00. The largest absolute Gasteiger partial charge is 0.494 e. The molecule has 0 aromatic heterocycles. The molecule has 0 aliphatic rings. The molecule has 0 bridgehead atoms. The standard InChI is InChI=1S/C18H23NO2S/c1-2-21-17-6-3-5-15(13-17)14-19-16-7-9-18(10-8-16)22-12-4-11-20/h3,5-10,13,19-20H,2,4,11-12,14H2,1H3. The fraction of sp³-hybridized carbons (Fsp3) is 0.333. The van der Waals surface area contributed by atoms with Crippen LogP contribution < -0.4 is 10.1 Å². The van der Waals surface area contributed by atoms with Gasteiger partial charge in [-0.05, 0) is 55.3 Å². The molecule has 2 N–H and O–H groups in total. The van der Waals surface area contributed by atoms with Gasteiger partial charge in [-0.15, -0.1) is 11.8 Å². The van der Waals surface area contributed by atoms with Crippen molar-refractivity contribution in [1.29, 1.82) is 0 Å². The first-order valence-electron chi connectivity index (χ1n) is 7.61. The minimum absolute atomic E-state index is 0.257. The fourth-order valence-electron chi connectivity index (χ4n) is 2.04. The van der Waals surface area contributed by atoms with E-state index in [0.29, 0.717) is 6.61 Å². The van der Waals surface area contributed by atoms with Crippen LogP contribution in [0.1, 0.15) is 18.9 Å². The van der Waals surface area contributed by atoms with E-state index in [0.717, 1.165) is 30.2 Å². The van der Waals surface area contributed by atoms with Gasteiger partial charge in [-0.1, -0.05) is 12.1 Å². The van der Waals surface area contributed by atoms with Gasteiger partial charge < -0.3 is 15.2 Å². The van der Waals surface area contributed by atoms with Gasteiger partial charge in [0.15, 0.2) is 0 Å². The Balaban J connectivity index is 1.84. The molecule has 0 aliphatic heterocycles. The van der Waals surface area contributed by atoms with E-state index < -0.39 is 0 Å². The van der Waals surface area contributed by atoms with Crippen molar-refractivity contribution >= 4 is 17.4 Å². The topological polar surface area (TPSA) is 41.5 Å². The van der Waals surface area contributed by atoms with E-state index in [9.17, 15) is 0 Å². The Bertz CT molecular complexity index is 557. The first kappa shape index (κ1) is 16.7. The molecule has 22 heavy (non-hydrogen) atoms. The third-order valence-corrected chi connectivity index (χ3v) is 4.23. The molecule has 0 heterocycles. The molecule has 2 rings (SSSR count). The predicted octanol–water partition coefficient (Wildman–Crippen LogP) is 4.17. The molecule has 4 heteroatoms. The number of thioether (sulfide) groups is 1. The zero-order valence-electron chi connectivity index (χ0n) is 12.9. The summed E-state index contributed by atoms with van der Waals surface area (Å²) in [5.41, 5.74) is 2.31. The Morgan fingerprint density at radius 2 is 1.95 bits per heavy atom. The molecule has 0 unspecified atom stereocenters. The first-order valence-corrected chi connectivity index (χ1v) is 8.59. The molecule has 118 valence electrons. The second-order valence-electron chi connectivity index (χ2n) is 4.88. The number of hydrogen-bond acceptors (Lipinski definition) is 4. The second kappa shape index (κ2) is 9.38. The molecule has 0 amide bonds. The Kier molecular flexibility index (Phi) is 7.13. The summed E-state index contributed by atoms with van der Waals surface area (Å²) < 4.78 is 5.51. The van der Waals surface area contributed by atoms with Crippen molar-refractivity contribution in [3.05, 3.63) is 54.1 Å². The van der Waals surface area contributed by atoms with Gasteiger partial charge >= 0.3 is 0 Å². The lowest BCUT2D eigenvalue weighted by Gasteiger charge is -2.09. The lowest BCUT2D eigenvalue weighted by molar-refractivity contribution is 0.296. The summed E-state index contributed by atoms with van der Waals surface area (Å²) >= 11 is 1.77. The van der Waals surface area contributed by atoms with E-state index in [-0.39, 0.29) is 6.61 Å². The summed E-state index contributed by atoms with van der Waals surface area (Å²) in [7, 11) is 0. The predicted molar refractivity (Wildman–Crippen MR) is 93.8 cm³/mol. The highest BCUT2D eigenvalue weighted by molar-refractivity contribution is 7.99. The number of nitrogens with one attached hydrogen (secondary N) is 1. The number of ether oxygens (including phenoxy) is 1. The number of aliphatic hydroxyl groups excluding tert-OH is 1. The number of anilines is 1. The molecule has 2 aromatic carbocycles. The number of benzene rings is 2. The normalized spacial score (nSPS) is 10.5. The van der Waals surface area contributed by atoms with Crippen LogP contribution >= 0.6 is 11.8 Å². The summed E-state index contributed by atoms with van der Waals surface area (Å²) in [6.07, 6.45) is 0.834. The fourth-order valence-corrected chi connectivity index (χ4v) is 2.88. The summed E-state index contributed by atoms with van der Waals surface area (Å²) in [4.78, 5) is 1.23. The van der Waals surface area contributed by atoms with Crippen LogP contribution in [0.5, 0.6) is 5.75 Å². The Labute approximate surface area is 136 Å². The van der Waals surface area contributed by atoms with Crippen LogP contribution in [0, 0.1) is 0 Å². The number of hydrogen-bond donors (Lipinski definition) is 2. The highest BCUT2D eigenvalue weighted by atomic mass is 32.2. The molecule has 3 nitrogen and oxygen atoms in total. The Hall–Kier alpha value is -1.65. The molecule has 0 atom stereocenters. The monoisotopic (exact) mass is 317 g/mol. The summed E-state index contributed by atoms with van der Waals surface area (Å²) in [5.74, 6) is 1.87. The zero-order valence-corrected chi connectivity index (χ0v) is 13.7. The molecule has 2 aromatic rings. The number of rotatable bonds is 9. The van der Waals surface area contributed by atoms with Crippen molar-refractivity contribution in [2.45, 2.75) is 24.8 Å². The van der Waals surface area contributed by atoms with Crippen LogP contribution in [-0.2, 0) is 6.54 Å². The van der Waals surface area contributed by atoms with E-state index in [1.54, 1.807) is 11.8 Å². The average molecular weight is 317 g/mol. The quantitative estimate of drug-likeness (QED) is 0.538. The van der Waals surface area contributed by atoms with Gasteiger partial charge in [0.1, 0.15) is 5.75 Å². The zero-order chi connectivity index (χ0) is 15.6.